The molecule has 0 bridgehead atoms. The van der Waals surface area contributed by atoms with Crippen LogP contribution in [0.3, 0.4) is 0 Å². The highest BCUT2D eigenvalue weighted by Gasteiger charge is 2.52. The molecule has 0 amide bonds. The first-order chi connectivity index (χ1) is 9.78. The Morgan fingerprint density at radius 3 is 1.86 bits per heavy atom. The van der Waals surface area contributed by atoms with Gasteiger partial charge in [-0.15, -0.1) is 0 Å². The van der Waals surface area contributed by atoms with Crippen molar-refractivity contribution in [2.24, 2.45) is 0 Å². The van der Waals surface area contributed by atoms with Crippen molar-refractivity contribution in [3.63, 3.8) is 0 Å². The van der Waals surface area contributed by atoms with Crippen molar-refractivity contribution in [3.8, 4) is 0 Å². The molecule has 0 saturated carbocycles. The van der Waals surface area contributed by atoms with Gasteiger partial charge >= 0.3 is 7.12 Å². The third-order valence-corrected chi connectivity index (χ3v) is 4.76. The first-order valence-corrected chi connectivity index (χ1v) is 7.62. The molecule has 0 unspecified atom stereocenters. The van der Waals surface area contributed by atoms with Gasteiger partial charge in [-0.25, -0.2) is 8.78 Å². The van der Waals surface area contributed by atoms with Gasteiger partial charge in [-0.1, -0.05) is 20.8 Å². The molecule has 0 N–H and O–H groups in total. The summed E-state index contributed by atoms with van der Waals surface area (Å²) in [5, 5.41) is 0. The van der Waals surface area contributed by atoms with E-state index in [4.69, 9.17) is 9.31 Å². The second-order valence-corrected chi connectivity index (χ2v) is 8.10. The molecule has 1 saturated heterocycles. The minimum absolute atomic E-state index is 0.102. The van der Waals surface area contributed by atoms with Crippen LogP contribution in [0.2, 0.25) is 0 Å². The highest BCUT2D eigenvalue weighted by atomic mass is 19.1. The molecule has 2 rings (SSSR count). The molecule has 2 nitrogen and oxygen atoms in total. The Morgan fingerprint density at radius 2 is 1.45 bits per heavy atom. The molecule has 1 aliphatic rings. The molecule has 122 valence electrons. The predicted molar refractivity (Wildman–Crippen MR) is 85.5 cm³/mol. The average molecular weight is 310 g/mol. The van der Waals surface area contributed by atoms with Crippen LogP contribution in [-0.2, 0) is 14.7 Å². The number of halogens is 2. The second kappa shape index (κ2) is 5.03. The van der Waals surface area contributed by atoms with E-state index in [1.165, 1.54) is 6.07 Å². The maximum atomic E-state index is 14.7. The van der Waals surface area contributed by atoms with Crippen LogP contribution < -0.4 is 5.46 Å². The fourth-order valence-electron chi connectivity index (χ4n) is 2.64. The lowest BCUT2D eigenvalue weighted by Crippen LogP contribution is -2.41. The van der Waals surface area contributed by atoms with E-state index in [1.807, 2.05) is 27.7 Å². The molecule has 0 atom stereocenters. The van der Waals surface area contributed by atoms with Gasteiger partial charge in [0.2, 0.25) is 0 Å². The Kier molecular flexibility index (Phi) is 3.99. The van der Waals surface area contributed by atoms with Crippen molar-refractivity contribution in [2.75, 3.05) is 0 Å². The smallest absolute Gasteiger partial charge is 0.399 e. The summed E-state index contributed by atoms with van der Waals surface area (Å²) >= 11 is 0. The SMILES string of the molecule is Cc1c(B2OC(C)(C)C(C)(C)O2)cc(F)c(C(C)(C)C)c1F. The fraction of sp³-hybridized carbons (Fsp3) is 0.647. The normalized spacial score (nSPS) is 20.5. The summed E-state index contributed by atoms with van der Waals surface area (Å²) in [5.41, 5.74) is -0.788. The summed E-state index contributed by atoms with van der Waals surface area (Å²) in [7, 11) is -0.761. The summed E-state index contributed by atoms with van der Waals surface area (Å²) in [4.78, 5) is 0. The summed E-state index contributed by atoms with van der Waals surface area (Å²) in [6.45, 7) is 14.7. The largest absolute Gasteiger partial charge is 0.495 e. The van der Waals surface area contributed by atoms with E-state index in [1.54, 1.807) is 27.7 Å². The molecular weight excluding hydrogens is 285 g/mol. The van der Waals surface area contributed by atoms with E-state index in [-0.39, 0.29) is 5.56 Å². The molecule has 1 aromatic carbocycles. The molecule has 0 radical (unpaired) electrons. The van der Waals surface area contributed by atoms with Gasteiger partial charge in [-0.2, -0.15) is 0 Å². The van der Waals surface area contributed by atoms with Gasteiger partial charge in [-0.05, 0) is 57.1 Å². The van der Waals surface area contributed by atoms with E-state index in [0.717, 1.165) is 0 Å². The van der Waals surface area contributed by atoms with Gasteiger partial charge in [0.25, 0.3) is 0 Å². The third kappa shape index (κ3) is 2.69. The van der Waals surface area contributed by atoms with Crippen molar-refractivity contribution in [3.05, 3.63) is 28.8 Å². The van der Waals surface area contributed by atoms with Gasteiger partial charge < -0.3 is 9.31 Å². The van der Waals surface area contributed by atoms with Crippen molar-refractivity contribution in [2.45, 2.75) is 72.0 Å². The van der Waals surface area contributed by atoms with E-state index in [0.29, 0.717) is 11.0 Å². The van der Waals surface area contributed by atoms with Gasteiger partial charge in [-0.3, -0.25) is 0 Å². The van der Waals surface area contributed by atoms with Gasteiger partial charge in [0.1, 0.15) is 11.6 Å². The Labute approximate surface area is 132 Å². The zero-order valence-electron chi connectivity index (χ0n) is 14.7. The molecule has 0 aromatic heterocycles. The maximum Gasteiger partial charge on any atom is 0.495 e. The van der Waals surface area contributed by atoms with Gasteiger partial charge in [0.15, 0.2) is 0 Å². The number of rotatable bonds is 1. The number of hydrogen-bond donors (Lipinski definition) is 0. The lowest BCUT2D eigenvalue weighted by molar-refractivity contribution is 0.00578. The van der Waals surface area contributed by atoms with Gasteiger partial charge in [0, 0.05) is 5.56 Å². The Bertz CT molecular complexity index is 588. The first kappa shape index (κ1) is 17.4. The topological polar surface area (TPSA) is 18.5 Å². The van der Waals surface area contributed by atoms with Crippen LogP contribution >= 0.6 is 0 Å². The Hall–Kier alpha value is -0.935. The summed E-state index contributed by atoms with van der Waals surface area (Å²) < 4.78 is 41.0. The molecule has 0 aliphatic carbocycles. The zero-order valence-corrected chi connectivity index (χ0v) is 14.7. The van der Waals surface area contributed by atoms with Crippen LogP contribution in [0.4, 0.5) is 8.78 Å². The van der Waals surface area contributed by atoms with Crippen molar-refractivity contribution in [1.82, 2.24) is 0 Å². The van der Waals surface area contributed by atoms with E-state index < -0.39 is 35.4 Å². The van der Waals surface area contributed by atoms with Crippen molar-refractivity contribution < 1.29 is 18.1 Å². The highest BCUT2D eigenvalue weighted by molar-refractivity contribution is 6.62. The molecule has 0 spiro atoms. The van der Waals surface area contributed by atoms with Gasteiger partial charge in [0.05, 0.1) is 11.2 Å². The first-order valence-electron chi connectivity index (χ1n) is 7.62. The Balaban J connectivity index is 2.52. The maximum absolute atomic E-state index is 14.7. The zero-order chi connectivity index (χ0) is 17.1. The van der Waals surface area contributed by atoms with Crippen LogP contribution in [0.25, 0.3) is 0 Å². The molecule has 1 aliphatic heterocycles. The molecule has 1 fully saturated rings. The van der Waals surface area contributed by atoms with Crippen LogP contribution in [0.15, 0.2) is 6.07 Å². The quantitative estimate of drug-likeness (QED) is 0.733. The van der Waals surface area contributed by atoms with Crippen LogP contribution in [0.5, 0.6) is 0 Å². The summed E-state index contributed by atoms with van der Waals surface area (Å²) in [5.74, 6) is -1.07. The van der Waals surface area contributed by atoms with E-state index >= 15 is 0 Å². The van der Waals surface area contributed by atoms with Crippen molar-refractivity contribution in [1.29, 1.82) is 0 Å². The van der Waals surface area contributed by atoms with E-state index in [2.05, 4.69) is 0 Å². The lowest BCUT2D eigenvalue weighted by atomic mass is 9.73. The molecule has 22 heavy (non-hydrogen) atoms. The highest BCUT2D eigenvalue weighted by Crippen LogP contribution is 2.37. The molecule has 1 heterocycles. The second-order valence-electron chi connectivity index (χ2n) is 8.10. The van der Waals surface area contributed by atoms with E-state index in [9.17, 15) is 8.78 Å². The van der Waals surface area contributed by atoms with Crippen LogP contribution in [0.1, 0.15) is 59.6 Å². The summed E-state index contributed by atoms with van der Waals surface area (Å²) in [6.07, 6.45) is 0. The standard InChI is InChI=1S/C17H25BF2O2/c1-10-11(18-21-16(5,6)17(7,8)22-18)9-12(19)13(14(10)20)15(2,3)4/h9H,1-8H3. The molecular formula is C17H25BF2O2. The third-order valence-electron chi connectivity index (χ3n) is 4.76. The number of benzene rings is 1. The minimum atomic E-state index is -0.761. The summed E-state index contributed by atoms with van der Waals surface area (Å²) in [6, 6.07) is 1.35. The number of hydrogen-bond acceptors (Lipinski definition) is 2. The van der Waals surface area contributed by atoms with Crippen LogP contribution in [-0.4, -0.2) is 18.3 Å². The lowest BCUT2D eigenvalue weighted by Gasteiger charge is -2.32. The Morgan fingerprint density at radius 1 is 1.00 bits per heavy atom. The predicted octanol–water partition coefficient (Wildman–Crippen LogP) is 3.87. The fourth-order valence-corrected chi connectivity index (χ4v) is 2.64. The molecule has 1 aromatic rings. The van der Waals surface area contributed by atoms with Crippen molar-refractivity contribution >= 4 is 12.6 Å². The molecule has 5 heteroatoms. The minimum Gasteiger partial charge on any atom is -0.399 e. The average Bonchev–Trinajstić information content (AvgIpc) is 2.51. The monoisotopic (exact) mass is 310 g/mol. The van der Waals surface area contributed by atoms with Crippen LogP contribution in [0, 0.1) is 18.6 Å².